The molecule has 0 aliphatic carbocycles. The van der Waals surface area contributed by atoms with E-state index in [9.17, 15) is 14.4 Å². The zero-order valence-electron chi connectivity index (χ0n) is 15.9. The molecule has 0 radical (unpaired) electrons. The number of carbonyl (C=O) groups is 3. The lowest BCUT2D eigenvalue weighted by Gasteiger charge is -2.07. The number of aromatic nitrogens is 1. The number of hydrogen-bond acceptors (Lipinski definition) is 6. The van der Waals surface area contributed by atoms with Crippen LogP contribution in [0.4, 0.5) is 0 Å². The van der Waals surface area contributed by atoms with Crippen molar-refractivity contribution in [1.29, 1.82) is 0 Å². The lowest BCUT2D eigenvalue weighted by Crippen LogP contribution is -2.12. The molecule has 0 atom stereocenters. The van der Waals surface area contributed by atoms with Crippen molar-refractivity contribution in [2.24, 2.45) is 7.05 Å². The standard InChI is InChI=1S/C21H19NO6/c1-22-17-9-12(6-8-19(23)26-2)5-7-13(17)14-10-15(20(24)27-3)16(11-18(14)22)21(25)28-4/h5-11H,1-4H3/b8-6+. The number of esters is 3. The van der Waals surface area contributed by atoms with Gasteiger partial charge in [0.05, 0.1) is 32.5 Å². The summed E-state index contributed by atoms with van der Waals surface area (Å²) in [5, 5.41) is 1.70. The van der Waals surface area contributed by atoms with Crippen LogP contribution in [0.25, 0.3) is 27.9 Å². The number of fused-ring (bicyclic) bond motifs is 3. The van der Waals surface area contributed by atoms with Crippen LogP contribution in [0.1, 0.15) is 26.3 Å². The fourth-order valence-corrected chi connectivity index (χ4v) is 3.16. The number of aryl methyl sites for hydroxylation is 1. The van der Waals surface area contributed by atoms with E-state index >= 15 is 0 Å². The van der Waals surface area contributed by atoms with Gasteiger partial charge in [0.15, 0.2) is 0 Å². The molecule has 3 rings (SSSR count). The Hall–Kier alpha value is -3.61. The van der Waals surface area contributed by atoms with Crippen molar-refractivity contribution in [1.82, 2.24) is 4.57 Å². The first-order chi connectivity index (χ1) is 13.4. The van der Waals surface area contributed by atoms with E-state index in [1.807, 2.05) is 29.8 Å². The Morgan fingerprint density at radius 2 is 1.43 bits per heavy atom. The van der Waals surface area contributed by atoms with Gasteiger partial charge in [0, 0.05) is 34.9 Å². The molecule has 1 aromatic heterocycles. The molecular formula is C21H19NO6. The topological polar surface area (TPSA) is 83.8 Å². The molecule has 0 bridgehead atoms. The van der Waals surface area contributed by atoms with Gasteiger partial charge in [-0.15, -0.1) is 0 Å². The first kappa shape index (κ1) is 19.2. The van der Waals surface area contributed by atoms with Crippen molar-refractivity contribution in [2.45, 2.75) is 0 Å². The fourth-order valence-electron chi connectivity index (χ4n) is 3.16. The Morgan fingerprint density at radius 3 is 2.04 bits per heavy atom. The van der Waals surface area contributed by atoms with Gasteiger partial charge in [0.1, 0.15) is 0 Å². The zero-order valence-corrected chi connectivity index (χ0v) is 15.9. The maximum absolute atomic E-state index is 12.2. The van der Waals surface area contributed by atoms with E-state index in [4.69, 9.17) is 9.47 Å². The normalized spacial score (nSPS) is 11.1. The number of nitrogens with zero attached hydrogens (tertiary/aromatic N) is 1. The molecule has 0 spiro atoms. The third-order valence-electron chi connectivity index (χ3n) is 4.59. The van der Waals surface area contributed by atoms with Crippen molar-refractivity contribution in [2.75, 3.05) is 21.3 Å². The molecule has 0 amide bonds. The lowest BCUT2D eigenvalue weighted by molar-refractivity contribution is -0.134. The Morgan fingerprint density at radius 1 is 0.821 bits per heavy atom. The second-order valence-corrected chi connectivity index (χ2v) is 6.09. The second kappa shape index (κ2) is 7.56. The van der Waals surface area contributed by atoms with E-state index in [0.29, 0.717) is 0 Å². The van der Waals surface area contributed by atoms with E-state index < -0.39 is 17.9 Å². The number of hydrogen-bond donors (Lipinski definition) is 0. The highest BCUT2D eigenvalue weighted by Crippen LogP contribution is 2.32. The van der Waals surface area contributed by atoms with Gasteiger partial charge in [-0.05, 0) is 29.8 Å². The molecule has 0 saturated heterocycles. The van der Waals surface area contributed by atoms with Crippen LogP contribution >= 0.6 is 0 Å². The van der Waals surface area contributed by atoms with Crippen molar-refractivity contribution >= 4 is 45.8 Å². The van der Waals surface area contributed by atoms with E-state index in [-0.39, 0.29) is 11.1 Å². The van der Waals surface area contributed by atoms with E-state index in [0.717, 1.165) is 27.4 Å². The summed E-state index contributed by atoms with van der Waals surface area (Å²) in [5.41, 5.74) is 2.73. The second-order valence-electron chi connectivity index (χ2n) is 6.09. The largest absolute Gasteiger partial charge is 0.466 e. The molecule has 0 aliphatic heterocycles. The van der Waals surface area contributed by atoms with Crippen LogP contribution in [0, 0.1) is 0 Å². The molecule has 0 N–H and O–H groups in total. The van der Waals surface area contributed by atoms with Crippen molar-refractivity contribution in [3.8, 4) is 0 Å². The van der Waals surface area contributed by atoms with E-state index in [1.165, 1.54) is 27.4 Å². The highest BCUT2D eigenvalue weighted by atomic mass is 16.5. The monoisotopic (exact) mass is 381 g/mol. The van der Waals surface area contributed by atoms with Crippen LogP contribution in [0.2, 0.25) is 0 Å². The average Bonchev–Trinajstić information content (AvgIpc) is 3.00. The Kier molecular flexibility index (Phi) is 5.17. The third-order valence-corrected chi connectivity index (χ3v) is 4.59. The minimum atomic E-state index is -0.616. The number of rotatable bonds is 4. The molecule has 7 nitrogen and oxygen atoms in total. The quantitative estimate of drug-likeness (QED) is 0.392. The Balaban J connectivity index is 2.26. The van der Waals surface area contributed by atoms with Crippen LogP contribution in [0.5, 0.6) is 0 Å². The average molecular weight is 381 g/mol. The molecule has 0 aliphatic rings. The SMILES string of the molecule is COC(=O)/C=C/c1ccc2c3cc(C(=O)OC)c(C(=O)OC)cc3n(C)c2c1. The Labute approximate surface area is 161 Å². The predicted molar refractivity (Wildman–Crippen MR) is 104 cm³/mol. The van der Waals surface area contributed by atoms with Crippen LogP contribution in [0.3, 0.4) is 0 Å². The summed E-state index contributed by atoms with van der Waals surface area (Å²) in [4.78, 5) is 35.7. The van der Waals surface area contributed by atoms with Crippen molar-refractivity contribution in [3.05, 3.63) is 53.1 Å². The molecule has 0 saturated carbocycles. The van der Waals surface area contributed by atoms with Gasteiger partial charge < -0.3 is 18.8 Å². The van der Waals surface area contributed by atoms with Gasteiger partial charge in [0.25, 0.3) is 0 Å². The molecule has 0 unspecified atom stereocenters. The maximum atomic E-state index is 12.2. The van der Waals surface area contributed by atoms with Crippen LogP contribution in [-0.4, -0.2) is 43.8 Å². The van der Waals surface area contributed by atoms with E-state index in [2.05, 4.69) is 4.74 Å². The molecule has 2 aromatic carbocycles. The molecule has 144 valence electrons. The number of ether oxygens (including phenoxy) is 3. The lowest BCUT2D eigenvalue weighted by atomic mass is 10.0. The smallest absolute Gasteiger partial charge is 0.338 e. The van der Waals surface area contributed by atoms with Crippen molar-refractivity contribution < 1.29 is 28.6 Å². The first-order valence-electron chi connectivity index (χ1n) is 8.40. The number of carbonyl (C=O) groups excluding carboxylic acids is 3. The van der Waals surface area contributed by atoms with Gasteiger partial charge in [-0.1, -0.05) is 12.1 Å². The molecule has 7 heteroatoms. The van der Waals surface area contributed by atoms with Gasteiger partial charge in [-0.2, -0.15) is 0 Å². The minimum absolute atomic E-state index is 0.138. The summed E-state index contributed by atoms with van der Waals surface area (Å²) in [6.45, 7) is 0. The summed E-state index contributed by atoms with van der Waals surface area (Å²) in [7, 11) is 5.69. The maximum Gasteiger partial charge on any atom is 0.338 e. The summed E-state index contributed by atoms with van der Waals surface area (Å²) >= 11 is 0. The van der Waals surface area contributed by atoms with Crippen molar-refractivity contribution in [3.63, 3.8) is 0 Å². The van der Waals surface area contributed by atoms with Gasteiger partial charge in [-0.3, -0.25) is 0 Å². The van der Waals surface area contributed by atoms with Crippen LogP contribution in [-0.2, 0) is 26.1 Å². The van der Waals surface area contributed by atoms with E-state index in [1.54, 1.807) is 18.2 Å². The Bertz CT molecular complexity index is 1140. The molecule has 0 fully saturated rings. The number of methoxy groups -OCH3 is 3. The van der Waals surface area contributed by atoms with Crippen LogP contribution in [0.15, 0.2) is 36.4 Å². The summed E-state index contributed by atoms with van der Waals surface area (Å²) in [5.74, 6) is -1.67. The molecular weight excluding hydrogens is 362 g/mol. The van der Waals surface area contributed by atoms with Gasteiger partial charge in [0.2, 0.25) is 0 Å². The highest BCUT2D eigenvalue weighted by Gasteiger charge is 2.22. The fraction of sp³-hybridized carbons (Fsp3) is 0.190. The molecule has 3 aromatic rings. The molecule has 1 heterocycles. The van der Waals surface area contributed by atoms with Gasteiger partial charge in [-0.25, -0.2) is 14.4 Å². The minimum Gasteiger partial charge on any atom is -0.466 e. The zero-order chi connectivity index (χ0) is 20.4. The van der Waals surface area contributed by atoms with Crippen LogP contribution < -0.4 is 0 Å². The number of benzene rings is 2. The summed E-state index contributed by atoms with van der Waals surface area (Å²) in [6, 6.07) is 8.92. The van der Waals surface area contributed by atoms with Gasteiger partial charge >= 0.3 is 17.9 Å². The highest BCUT2D eigenvalue weighted by molar-refractivity contribution is 6.14. The molecule has 28 heavy (non-hydrogen) atoms. The third kappa shape index (κ3) is 3.22. The first-order valence-corrected chi connectivity index (χ1v) is 8.40. The summed E-state index contributed by atoms with van der Waals surface area (Å²) in [6.07, 6.45) is 3.00. The predicted octanol–water partition coefficient (Wildman–Crippen LogP) is 3.09. The summed E-state index contributed by atoms with van der Waals surface area (Å²) < 4.78 is 16.1.